The highest BCUT2D eigenvalue weighted by Gasteiger charge is 2.23. The summed E-state index contributed by atoms with van der Waals surface area (Å²) in [6.45, 7) is 6.22. The van der Waals surface area contributed by atoms with Crippen LogP contribution >= 0.6 is 11.3 Å². The van der Waals surface area contributed by atoms with Gasteiger partial charge >= 0.3 is 0 Å². The van der Waals surface area contributed by atoms with Crippen molar-refractivity contribution >= 4 is 153 Å². The number of fused-ring (bicyclic) bond motifs is 18. The Morgan fingerprint density at radius 3 is 1.50 bits per heavy atom. The second-order valence-corrected chi connectivity index (χ2v) is 22.6. The fourth-order valence-electron chi connectivity index (χ4n) is 13.8. The third-order valence-corrected chi connectivity index (χ3v) is 18.5. The maximum absolute atomic E-state index is 5.20. The first-order chi connectivity index (χ1) is 40.6. The van der Waals surface area contributed by atoms with Gasteiger partial charge in [-0.1, -0.05) is 176 Å². The maximum Gasteiger partial charge on any atom is 0.0972 e. The van der Waals surface area contributed by atoms with E-state index in [-0.39, 0.29) is 0 Å². The molecule has 3 aromatic heterocycles. The fraction of sp³-hybridized carbons (Fsp3) is 0.0130. The number of rotatable bonds is 7. The van der Waals surface area contributed by atoms with Crippen molar-refractivity contribution in [1.82, 2.24) is 9.13 Å². The van der Waals surface area contributed by atoms with Crippen LogP contribution in [0.15, 0.2) is 265 Å². The molecule has 0 aliphatic rings. The molecule has 0 fully saturated rings. The van der Waals surface area contributed by atoms with Crippen LogP contribution in [0.2, 0.25) is 0 Å². The Morgan fingerprint density at radius 1 is 0.317 bits per heavy atom. The van der Waals surface area contributed by atoms with Crippen LogP contribution in [0.5, 0.6) is 0 Å². The molecular formula is C77H48N4S. The maximum atomic E-state index is 5.20. The van der Waals surface area contributed by atoms with E-state index in [0.29, 0.717) is 0 Å². The van der Waals surface area contributed by atoms with E-state index >= 15 is 0 Å². The molecule has 0 aliphatic heterocycles. The van der Waals surface area contributed by atoms with Gasteiger partial charge in [0.1, 0.15) is 0 Å². The normalized spacial score (nSPS) is 12.2. The molecular weight excluding hydrogens is 1010 g/mol. The van der Waals surface area contributed by atoms with E-state index in [4.69, 9.17) is 9.98 Å². The molecule has 5 heteroatoms. The van der Waals surface area contributed by atoms with E-state index < -0.39 is 0 Å². The van der Waals surface area contributed by atoms with Gasteiger partial charge in [-0.25, -0.2) is 0 Å². The Kier molecular flexibility index (Phi) is 10.2. The van der Waals surface area contributed by atoms with Crippen LogP contribution in [0.3, 0.4) is 0 Å². The number of nitrogens with zero attached hydrogens (tertiary/aromatic N) is 4. The van der Waals surface area contributed by atoms with E-state index in [0.717, 1.165) is 77.6 Å². The summed E-state index contributed by atoms with van der Waals surface area (Å²) in [5, 5.41) is 19.3. The zero-order chi connectivity index (χ0) is 54.2. The fourth-order valence-corrected chi connectivity index (χ4v) is 14.9. The van der Waals surface area contributed by atoms with E-state index in [2.05, 4.69) is 271 Å². The molecule has 0 aliphatic carbocycles. The largest absolute Gasteiger partial charge is 0.309 e. The highest BCUT2D eigenvalue weighted by Crippen LogP contribution is 2.51. The molecule has 17 aromatic rings. The summed E-state index contributed by atoms with van der Waals surface area (Å²) in [6.07, 6.45) is 1.89. The Bertz CT molecular complexity index is 5600. The molecule has 0 saturated heterocycles. The lowest BCUT2D eigenvalue weighted by atomic mass is 9.89. The molecule has 0 unspecified atom stereocenters. The highest BCUT2D eigenvalue weighted by atomic mass is 32.1. The van der Waals surface area contributed by atoms with Gasteiger partial charge in [0.15, 0.2) is 0 Å². The van der Waals surface area contributed by atoms with Crippen molar-refractivity contribution in [3.05, 3.63) is 255 Å². The SMILES string of the molecule is C=Nc1c(N=CC)c2c(-c3cccc4c3c3ccccc3n4-c3ccc4c(c3)c3ccccc3n4-c3ccc4sc5ccccc5c4c3)cccc2c2ccc(-c3cccc(-c4ccc5c6ccccc6c6ccccc6c5c4)c3)cc12. The predicted molar refractivity (Wildman–Crippen MR) is 355 cm³/mol. The summed E-state index contributed by atoms with van der Waals surface area (Å²) in [7, 11) is 0. The molecule has 0 spiro atoms. The van der Waals surface area contributed by atoms with Crippen molar-refractivity contribution in [1.29, 1.82) is 0 Å². The van der Waals surface area contributed by atoms with Crippen LogP contribution in [0, 0.1) is 0 Å². The van der Waals surface area contributed by atoms with E-state index in [1.807, 2.05) is 24.5 Å². The first-order valence-electron chi connectivity index (χ1n) is 28.0. The zero-order valence-corrected chi connectivity index (χ0v) is 45.5. The monoisotopic (exact) mass is 1060 g/mol. The van der Waals surface area contributed by atoms with Crippen LogP contribution in [0.25, 0.3) is 162 Å². The molecule has 82 heavy (non-hydrogen) atoms. The molecule has 14 aromatic carbocycles. The van der Waals surface area contributed by atoms with Crippen molar-refractivity contribution in [3.63, 3.8) is 0 Å². The predicted octanol–water partition coefficient (Wildman–Crippen LogP) is 22.1. The van der Waals surface area contributed by atoms with Crippen molar-refractivity contribution in [2.24, 2.45) is 9.98 Å². The topological polar surface area (TPSA) is 34.6 Å². The number of aromatic nitrogens is 2. The van der Waals surface area contributed by atoms with Crippen LogP contribution < -0.4 is 0 Å². The molecule has 0 atom stereocenters. The second-order valence-electron chi connectivity index (χ2n) is 21.5. The van der Waals surface area contributed by atoms with Crippen molar-refractivity contribution < 1.29 is 0 Å². The number of aliphatic imine (C=N–C) groups is 2. The standard InChI is InChI=1S/C77H48N4S/c1-3-79-77-75-60(57-38-34-49(43-67(57)76(77)78-2)47-18-14-17-46(41-47)48-33-37-56-54-21-5-4-19-52(54)53-20-6-7-22-55(53)64(56)42-48)26-15-27-62(75)61-28-16-31-71-74(61)63-25-9-12-30-69(63)81(71)50-35-39-70-65(44-50)58-23-8-11-29-68(58)80(70)51-36-40-73-66(45-51)59-24-10-13-32-72(59)82-73/h3-45H,2H2,1H3. The van der Waals surface area contributed by atoms with Gasteiger partial charge in [-0.2, -0.15) is 0 Å². The third kappa shape index (κ3) is 6.78. The van der Waals surface area contributed by atoms with Gasteiger partial charge in [-0.3, -0.25) is 9.98 Å². The minimum atomic E-state index is 0.769. The lowest BCUT2D eigenvalue weighted by molar-refractivity contribution is 1.17. The summed E-state index contributed by atoms with van der Waals surface area (Å²) in [5.74, 6) is 0. The number of hydrogen-bond donors (Lipinski definition) is 0. The quantitative estimate of drug-likeness (QED) is 0.113. The molecule has 382 valence electrons. The van der Waals surface area contributed by atoms with Gasteiger partial charge in [0.2, 0.25) is 0 Å². The summed E-state index contributed by atoms with van der Waals surface area (Å²) >= 11 is 1.86. The van der Waals surface area contributed by atoms with E-state index in [9.17, 15) is 0 Å². The molecule has 0 saturated carbocycles. The highest BCUT2D eigenvalue weighted by molar-refractivity contribution is 7.25. The Labute approximate surface area is 476 Å². The first-order valence-corrected chi connectivity index (χ1v) is 28.8. The average Bonchev–Trinajstić information content (AvgIpc) is 3.29. The van der Waals surface area contributed by atoms with Gasteiger partial charge in [0.05, 0.1) is 33.4 Å². The van der Waals surface area contributed by atoms with E-state index in [1.54, 1.807) is 0 Å². The number of benzene rings is 14. The van der Waals surface area contributed by atoms with Crippen LogP contribution in [0.1, 0.15) is 6.92 Å². The van der Waals surface area contributed by atoms with Gasteiger partial charge in [-0.15, -0.1) is 11.3 Å². The molecule has 0 bridgehead atoms. The first kappa shape index (κ1) is 46.5. The molecule has 3 heterocycles. The minimum absolute atomic E-state index is 0.769. The summed E-state index contributed by atoms with van der Waals surface area (Å²) in [6, 6.07) is 94.0. The number of thiophene rings is 1. The molecule has 0 amide bonds. The van der Waals surface area contributed by atoms with Gasteiger partial charge < -0.3 is 9.13 Å². The average molecular weight is 1060 g/mol. The lowest BCUT2D eigenvalue weighted by Gasteiger charge is -2.17. The number of hydrogen-bond acceptors (Lipinski definition) is 3. The van der Waals surface area contributed by atoms with Gasteiger partial charge in [-0.05, 0) is 169 Å². The number of para-hydroxylation sites is 2. The summed E-state index contributed by atoms with van der Waals surface area (Å²) in [5.41, 5.74) is 15.3. The summed E-state index contributed by atoms with van der Waals surface area (Å²) < 4.78 is 7.50. The smallest absolute Gasteiger partial charge is 0.0972 e. The third-order valence-electron chi connectivity index (χ3n) is 17.3. The summed E-state index contributed by atoms with van der Waals surface area (Å²) in [4.78, 5) is 10.1. The van der Waals surface area contributed by atoms with E-state index in [1.165, 1.54) is 96.2 Å². The van der Waals surface area contributed by atoms with Crippen LogP contribution in [-0.2, 0) is 0 Å². The van der Waals surface area contributed by atoms with Crippen LogP contribution in [-0.4, -0.2) is 22.1 Å². The Morgan fingerprint density at radius 2 is 0.793 bits per heavy atom. The van der Waals surface area contributed by atoms with Crippen molar-refractivity contribution in [2.75, 3.05) is 0 Å². The minimum Gasteiger partial charge on any atom is -0.309 e. The molecule has 17 rings (SSSR count). The lowest BCUT2D eigenvalue weighted by Crippen LogP contribution is -1.96. The zero-order valence-electron chi connectivity index (χ0n) is 44.7. The molecule has 4 nitrogen and oxygen atoms in total. The molecule has 0 N–H and O–H groups in total. The second kappa shape index (κ2) is 18.0. The van der Waals surface area contributed by atoms with Gasteiger partial charge in [0.25, 0.3) is 0 Å². The van der Waals surface area contributed by atoms with Crippen molar-refractivity contribution in [3.8, 4) is 44.8 Å². The van der Waals surface area contributed by atoms with Crippen LogP contribution in [0.4, 0.5) is 11.4 Å². The molecule has 0 radical (unpaired) electrons. The van der Waals surface area contributed by atoms with Gasteiger partial charge in [0, 0.05) is 70.1 Å². The van der Waals surface area contributed by atoms with Crippen molar-refractivity contribution in [2.45, 2.75) is 6.92 Å². The Hall–Kier alpha value is -10.5. The Balaban J connectivity index is 0.810.